The van der Waals surface area contributed by atoms with Crippen molar-refractivity contribution in [3.63, 3.8) is 0 Å². The van der Waals surface area contributed by atoms with Crippen LogP contribution in [0.2, 0.25) is 5.02 Å². The number of aryl methyl sites for hydroxylation is 2. The van der Waals surface area contributed by atoms with Crippen LogP contribution in [-0.2, 0) is 23.2 Å². The quantitative estimate of drug-likeness (QED) is 0.902. The molecule has 10 heteroatoms. The Balaban J connectivity index is 2.55. The van der Waals surface area contributed by atoms with Gasteiger partial charge < -0.3 is 0 Å². The van der Waals surface area contributed by atoms with Gasteiger partial charge in [-0.15, -0.1) is 0 Å². The lowest BCUT2D eigenvalue weighted by atomic mass is 10.2. The van der Waals surface area contributed by atoms with Gasteiger partial charge in [0.15, 0.2) is 0 Å². The number of hydrogen-bond acceptors (Lipinski definition) is 3. The van der Waals surface area contributed by atoms with Crippen LogP contribution in [0.5, 0.6) is 0 Å². The summed E-state index contributed by atoms with van der Waals surface area (Å²) in [6.45, 7) is 2.98. The van der Waals surface area contributed by atoms with E-state index in [4.69, 9.17) is 11.6 Å². The Morgan fingerprint density at radius 2 is 1.87 bits per heavy atom. The molecule has 0 amide bonds. The van der Waals surface area contributed by atoms with Gasteiger partial charge >= 0.3 is 6.18 Å². The number of nitrogens with one attached hydrogen (secondary N) is 1. The third-order valence-corrected chi connectivity index (χ3v) is 5.09. The van der Waals surface area contributed by atoms with Crippen molar-refractivity contribution < 1.29 is 21.6 Å². The molecule has 0 saturated heterocycles. The topological polar surface area (TPSA) is 64.0 Å². The Labute approximate surface area is 136 Å². The maximum Gasteiger partial charge on any atom is 0.418 e. The third-order valence-electron chi connectivity index (χ3n) is 3.24. The summed E-state index contributed by atoms with van der Waals surface area (Å²) in [6.07, 6.45) is -4.75. The minimum atomic E-state index is -4.75. The highest BCUT2D eigenvalue weighted by molar-refractivity contribution is 7.92. The molecule has 0 spiro atoms. The summed E-state index contributed by atoms with van der Waals surface area (Å²) in [6, 6.07) is 2.82. The lowest BCUT2D eigenvalue weighted by Gasteiger charge is -2.15. The molecule has 0 atom stereocenters. The first-order valence-electron chi connectivity index (χ1n) is 6.33. The third kappa shape index (κ3) is 3.45. The van der Waals surface area contributed by atoms with E-state index in [0.717, 1.165) is 6.07 Å². The Bertz CT molecular complexity index is 860. The van der Waals surface area contributed by atoms with Gasteiger partial charge in [-0.1, -0.05) is 11.6 Å². The zero-order valence-corrected chi connectivity index (χ0v) is 13.9. The van der Waals surface area contributed by atoms with Crippen molar-refractivity contribution in [1.29, 1.82) is 0 Å². The normalized spacial score (nSPS) is 12.5. The van der Waals surface area contributed by atoms with Gasteiger partial charge in [0.1, 0.15) is 4.90 Å². The summed E-state index contributed by atoms with van der Waals surface area (Å²) in [5.41, 5.74) is -1.24. The largest absolute Gasteiger partial charge is 0.418 e. The van der Waals surface area contributed by atoms with Gasteiger partial charge in [-0.25, -0.2) is 8.42 Å². The molecular formula is C13H13ClF3N3O2S. The van der Waals surface area contributed by atoms with Gasteiger partial charge in [-0.3, -0.25) is 9.40 Å². The van der Waals surface area contributed by atoms with E-state index in [1.165, 1.54) is 24.6 Å². The molecule has 126 valence electrons. The zero-order valence-electron chi connectivity index (χ0n) is 12.4. The molecule has 0 bridgehead atoms. The van der Waals surface area contributed by atoms with Crippen molar-refractivity contribution in [1.82, 2.24) is 9.78 Å². The number of halogens is 4. The molecule has 23 heavy (non-hydrogen) atoms. The van der Waals surface area contributed by atoms with Crippen molar-refractivity contribution in [2.45, 2.75) is 24.9 Å². The first-order valence-corrected chi connectivity index (χ1v) is 8.19. The van der Waals surface area contributed by atoms with E-state index < -0.39 is 27.5 Å². The highest BCUT2D eigenvalue weighted by Gasteiger charge is 2.35. The Hall–Kier alpha value is -1.74. The van der Waals surface area contributed by atoms with E-state index in [0.29, 0.717) is 11.8 Å². The van der Waals surface area contributed by atoms with Gasteiger partial charge in [0.05, 0.1) is 22.6 Å². The van der Waals surface area contributed by atoms with Gasteiger partial charge in [0.25, 0.3) is 10.0 Å². The van der Waals surface area contributed by atoms with Crippen molar-refractivity contribution >= 4 is 27.3 Å². The molecule has 1 aromatic carbocycles. The average molecular weight is 368 g/mol. The fourth-order valence-corrected chi connectivity index (χ4v) is 3.87. The van der Waals surface area contributed by atoms with E-state index in [9.17, 15) is 21.6 Å². The molecule has 2 rings (SSSR count). The van der Waals surface area contributed by atoms with Crippen LogP contribution in [0.4, 0.5) is 18.9 Å². The minimum Gasteiger partial charge on any atom is -0.279 e. The molecule has 0 radical (unpaired) electrons. The van der Waals surface area contributed by atoms with Crippen molar-refractivity contribution in [3.05, 3.63) is 40.2 Å². The number of nitrogens with zero attached hydrogens (tertiary/aromatic N) is 2. The van der Waals surface area contributed by atoms with E-state index in [1.807, 2.05) is 4.72 Å². The number of hydrogen-bond donors (Lipinski definition) is 1. The van der Waals surface area contributed by atoms with Crippen molar-refractivity contribution in [2.24, 2.45) is 7.05 Å². The van der Waals surface area contributed by atoms with Crippen LogP contribution < -0.4 is 4.72 Å². The van der Waals surface area contributed by atoms with Crippen LogP contribution in [0.15, 0.2) is 23.1 Å². The number of benzene rings is 1. The van der Waals surface area contributed by atoms with Gasteiger partial charge in [-0.05, 0) is 32.0 Å². The van der Waals surface area contributed by atoms with Crippen LogP contribution in [-0.4, -0.2) is 18.2 Å². The minimum absolute atomic E-state index is 0.144. The smallest absolute Gasteiger partial charge is 0.279 e. The second-order valence-electron chi connectivity index (χ2n) is 4.92. The number of rotatable bonds is 3. The molecule has 0 aliphatic carbocycles. The molecule has 0 unspecified atom stereocenters. The summed E-state index contributed by atoms with van der Waals surface area (Å²) in [5.74, 6) is 0. The summed E-state index contributed by atoms with van der Waals surface area (Å²) in [5, 5.41) is 3.81. The van der Waals surface area contributed by atoms with Crippen molar-refractivity contribution in [2.75, 3.05) is 4.72 Å². The van der Waals surface area contributed by atoms with Crippen LogP contribution in [0.3, 0.4) is 0 Å². The highest BCUT2D eigenvalue weighted by Crippen LogP contribution is 2.37. The maximum atomic E-state index is 13.1. The second-order valence-corrected chi connectivity index (χ2v) is 6.97. The fraction of sp³-hybridized carbons (Fsp3) is 0.308. The number of aromatic nitrogens is 2. The lowest BCUT2D eigenvalue weighted by Crippen LogP contribution is -2.18. The van der Waals surface area contributed by atoms with E-state index in [1.54, 1.807) is 7.05 Å². The van der Waals surface area contributed by atoms with Gasteiger partial charge in [-0.2, -0.15) is 18.3 Å². The second kappa shape index (κ2) is 5.72. The fourth-order valence-electron chi connectivity index (χ4n) is 2.18. The van der Waals surface area contributed by atoms with Crippen LogP contribution in [0.1, 0.15) is 17.0 Å². The standard InChI is InChI=1S/C13H13ClF3N3O2S/c1-7-12(8(2)20(3)18-7)23(21,22)19-11-5-4-9(14)6-10(11)13(15,16)17/h4-6,19H,1-3H3. The average Bonchev–Trinajstić information content (AvgIpc) is 2.64. The lowest BCUT2D eigenvalue weighted by molar-refractivity contribution is -0.136. The van der Waals surface area contributed by atoms with Crippen LogP contribution in [0, 0.1) is 13.8 Å². The van der Waals surface area contributed by atoms with Crippen LogP contribution >= 0.6 is 11.6 Å². The maximum absolute atomic E-state index is 13.1. The monoisotopic (exact) mass is 367 g/mol. The summed E-state index contributed by atoms with van der Waals surface area (Å²) in [4.78, 5) is -0.150. The molecular weight excluding hydrogens is 355 g/mol. The Morgan fingerprint density at radius 3 is 2.35 bits per heavy atom. The van der Waals surface area contributed by atoms with Gasteiger partial charge in [0.2, 0.25) is 0 Å². The van der Waals surface area contributed by atoms with E-state index >= 15 is 0 Å². The molecule has 2 aromatic rings. The Morgan fingerprint density at radius 1 is 1.26 bits per heavy atom. The summed E-state index contributed by atoms with van der Waals surface area (Å²) < 4.78 is 67.4. The number of alkyl halides is 3. The molecule has 0 saturated carbocycles. The summed E-state index contributed by atoms with van der Waals surface area (Å²) >= 11 is 5.57. The Kier molecular flexibility index (Phi) is 4.38. The predicted molar refractivity (Wildman–Crippen MR) is 79.9 cm³/mol. The van der Waals surface area contributed by atoms with Crippen molar-refractivity contribution in [3.8, 4) is 0 Å². The van der Waals surface area contributed by atoms with Gasteiger partial charge in [0, 0.05) is 12.1 Å². The summed E-state index contributed by atoms with van der Waals surface area (Å²) in [7, 11) is -2.68. The van der Waals surface area contributed by atoms with E-state index in [2.05, 4.69) is 5.10 Å². The van der Waals surface area contributed by atoms with E-state index in [-0.39, 0.29) is 15.6 Å². The predicted octanol–water partition coefficient (Wildman–Crippen LogP) is 3.51. The molecule has 1 heterocycles. The molecule has 0 fully saturated rings. The molecule has 1 N–H and O–H groups in total. The molecule has 0 aliphatic rings. The highest BCUT2D eigenvalue weighted by atomic mass is 35.5. The number of anilines is 1. The van der Waals surface area contributed by atoms with Crippen LogP contribution in [0.25, 0.3) is 0 Å². The first-order chi connectivity index (χ1) is 10.4. The molecule has 5 nitrogen and oxygen atoms in total. The number of sulfonamides is 1. The SMILES string of the molecule is Cc1nn(C)c(C)c1S(=O)(=O)Nc1ccc(Cl)cc1C(F)(F)F. The first kappa shape index (κ1) is 17.6. The molecule has 0 aliphatic heterocycles. The zero-order chi connectivity index (χ0) is 17.6. The molecule has 1 aromatic heterocycles.